The first kappa shape index (κ1) is 14.6. The zero-order valence-corrected chi connectivity index (χ0v) is 13.3. The third kappa shape index (κ3) is 2.20. The molecule has 0 spiro atoms. The molecule has 0 N–H and O–H groups in total. The number of rotatable bonds is 3. The molecule has 122 valence electrons. The van der Waals surface area contributed by atoms with E-state index in [2.05, 4.69) is 21.6 Å². The van der Waals surface area contributed by atoms with Crippen LogP contribution in [-0.4, -0.2) is 26.4 Å². The summed E-state index contributed by atoms with van der Waals surface area (Å²) in [4.78, 5) is 9.10. The second kappa shape index (κ2) is 5.30. The highest BCUT2D eigenvalue weighted by atomic mass is 19.1. The largest absolute Gasteiger partial charge is 0.494 e. The average molecular weight is 326 g/mol. The molecule has 3 heterocycles. The van der Waals surface area contributed by atoms with Crippen molar-refractivity contribution in [3.8, 4) is 17.1 Å². The summed E-state index contributed by atoms with van der Waals surface area (Å²) in [6, 6.07) is 2.68. The number of halogens is 1. The number of hydrogen-bond acceptors (Lipinski definition) is 5. The maximum Gasteiger partial charge on any atom is 0.241 e. The van der Waals surface area contributed by atoms with Crippen LogP contribution in [0.3, 0.4) is 0 Å². The number of fused-ring (bicyclic) bond motifs is 4. The van der Waals surface area contributed by atoms with Crippen molar-refractivity contribution >= 4 is 16.8 Å². The fourth-order valence-corrected chi connectivity index (χ4v) is 2.83. The van der Waals surface area contributed by atoms with Gasteiger partial charge in [0, 0.05) is 24.9 Å². The lowest BCUT2D eigenvalue weighted by Gasteiger charge is -2.17. The number of nitrogens with zero attached hydrogens (tertiary/aromatic N) is 4. The van der Waals surface area contributed by atoms with Gasteiger partial charge in [-0.3, -0.25) is 4.68 Å². The molecule has 4 rings (SSSR count). The Morgan fingerprint density at radius 1 is 1.42 bits per heavy atom. The molecule has 0 saturated heterocycles. The van der Waals surface area contributed by atoms with Crippen molar-refractivity contribution in [3.05, 3.63) is 42.0 Å². The molecule has 3 aromatic rings. The van der Waals surface area contributed by atoms with Crippen LogP contribution in [0.1, 0.15) is 18.2 Å². The molecule has 6 nitrogen and oxygen atoms in total. The van der Waals surface area contributed by atoms with Gasteiger partial charge in [-0.2, -0.15) is 5.10 Å². The summed E-state index contributed by atoms with van der Waals surface area (Å²) in [5.41, 5.74) is 3.66. The first-order chi connectivity index (χ1) is 11.6. The van der Waals surface area contributed by atoms with Gasteiger partial charge in [-0.1, -0.05) is 6.58 Å². The van der Waals surface area contributed by atoms with E-state index in [9.17, 15) is 4.39 Å². The van der Waals surface area contributed by atoms with E-state index < -0.39 is 5.82 Å². The third-order valence-corrected chi connectivity index (χ3v) is 3.83. The zero-order valence-electron chi connectivity index (χ0n) is 13.3. The van der Waals surface area contributed by atoms with Gasteiger partial charge in [0.05, 0.1) is 17.7 Å². The maximum absolute atomic E-state index is 14.0. The van der Waals surface area contributed by atoms with Gasteiger partial charge < -0.3 is 9.47 Å². The summed E-state index contributed by atoms with van der Waals surface area (Å²) in [6.07, 6.45) is 1.87. The molecule has 1 aromatic carbocycles. The second-order valence-corrected chi connectivity index (χ2v) is 5.51. The number of ether oxygens (including phenoxy) is 2. The molecule has 2 aromatic heterocycles. The minimum absolute atomic E-state index is 0.317. The van der Waals surface area contributed by atoms with Gasteiger partial charge in [0.25, 0.3) is 0 Å². The van der Waals surface area contributed by atoms with E-state index in [0.717, 1.165) is 11.3 Å². The number of benzene rings is 1. The Morgan fingerprint density at radius 3 is 3.04 bits per heavy atom. The van der Waals surface area contributed by atoms with Crippen molar-refractivity contribution in [3.63, 3.8) is 0 Å². The van der Waals surface area contributed by atoms with Gasteiger partial charge in [-0.25, -0.2) is 14.4 Å². The molecular weight excluding hydrogens is 311 g/mol. The van der Waals surface area contributed by atoms with Crippen molar-refractivity contribution in [2.45, 2.75) is 13.5 Å². The fourth-order valence-electron chi connectivity index (χ4n) is 2.83. The van der Waals surface area contributed by atoms with Gasteiger partial charge in [0.1, 0.15) is 35.1 Å². The van der Waals surface area contributed by atoms with Crippen LogP contribution in [-0.2, 0) is 18.4 Å². The predicted octanol–water partition coefficient (Wildman–Crippen LogP) is 3.07. The molecule has 0 bridgehead atoms. The van der Waals surface area contributed by atoms with E-state index in [4.69, 9.17) is 9.47 Å². The minimum Gasteiger partial charge on any atom is -0.494 e. The molecule has 0 unspecified atom stereocenters. The molecule has 24 heavy (non-hydrogen) atoms. The molecule has 1 aliphatic heterocycles. The molecule has 0 aliphatic carbocycles. The summed E-state index contributed by atoms with van der Waals surface area (Å²) in [6.45, 7) is 6.46. The molecule has 0 fully saturated rings. The second-order valence-electron chi connectivity index (χ2n) is 5.51. The van der Waals surface area contributed by atoms with E-state index >= 15 is 0 Å². The summed E-state index contributed by atoms with van der Waals surface area (Å²) >= 11 is 0. The Balaban J connectivity index is 1.98. The SMILES string of the molecule is C=C(OCC)c1cc(F)cc2nc3c(nc12)-c1cn(C)nc1CO3. The van der Waals surface area contributed by atoms with Crippen LogP contribution < -0.4 is 4.74 Å². The lowest BCUT2D eigenvalue weighted by Crippen LogP contribution is -2.09. The first-order valence-corrected chi connectivity index (χ1v) is 7.56. The van der Waals surface area contributed by atoms with Crippen LogP contribution in [0.25, 0.3) is 28.0 Å². The van der Waals surface area contributed by atoms with Gasteiger partial charge in [-0.15, -0.1) is 0 Å². The van der Waals surface area contributed by atoms with E-state index in [1.807, 2.05) is 20.2 Å². The highest BCUT2D eigenvalue weighted by molar-refractivity contribution is 5.89. The highest BCUT2D eigenvalue weighted by Crippen LogP contribution is 2.36. The lowest BCUT2D eigenvalue weighted by atomic mass is 10.1. The number of aromatic nitrogens is 4. The van der Waals surface area contributed by atoms with Crippen LogP contribution in [0.5, 0.6) is 5.88 Å². The van der Waals surface area contributed by atoms with Crippen LogP contribution in [0.2, 0.25) is 0 Å². The maximum atomic E-state index is 14.0. The van der Waals surface area contributed by atoms with Gasteiger partial charge >= 0.3 is 0 Å². The van der Waals surface area contributed by atoms with E-state index in [1.54, 1.807) is 4.68 Å². The predicted molar refractivity (Wildman–Crippen MR) is 86.7 cm³/mol. The summed E-state index contributed by atoms with van der Waals surface area (Å²) in [7, 11) is 1.84. The van der Waals surface area contributed by atoms with E-state index in [-0.39, 0.29) is 0 Å². The Labute approximate surface area is 137 Å². The molecule has 0 radical (unpaired) electrons. The van der Waals surface area contributed by atoms with E-state index in [1.165, 1.54) is 12.1 Å². The average Bonchev–Trinajstić information content (AvgIpc) is 2.93. The highest BCUT2D eigenvalue weighted by Gasteiger charge is 2.25. The van der Waals surface area contributed by atoms with Gasteiger partial charge in [0.15, 0.2) is 0 Å². The van der Waals surface area contributed by atoms with Crippen molar-refractivity contribution in [1.82, 2.24) is 19.7 Å². The van der Waals surface area contributed by atoms with E-state index in [0.29, 0.717) is 47.1 Å². The van der Waals surface area contributed by atoms with Crippen molar-refractivity contribution in [2.24, 2.45) is 7.05 Å². The quantitative estimate of drug-likeness (QED) is 0.692. The summed E-state index contributed by atoms with van der Waals surface area (Å²) in [5.74, 6) is 0.312. The van der Waals surface area contributed by atoms with Gasteiger partial charge in [-0.05, 0) is 13.0 Å². The molecule has 0 amide bonds. The number of hydrogen-bond donors (Lipinski definition) is 0. The monoisotopic (exact) mass is 326 g/mol. The molecule has 1 aliphatic rings. The first-order valence-electron chi connectivity index (χ1n) is 7.56. The van der Waals surface area contributed by atoms with Crippen LogP contribution in [0, 0.1) is 5.82 Å². The summed E-state index contributed by atoms with van der Waals surface area (Å²) in [5, 5.41) is 4.35. The van der Waals surface area contributed by atoms with Crippen molar-refractivity contribution in [2.75, 3.05) is 6.61 Å². The topological polar surface area (TPSA) is 62.1 Å². The Morgan fingerprint density at radius 2 is 2.25 bits per heavy atom. The Hall–Kier alpha value is -2.96. The summed E-state index contributed by atoms with van der Waals surface area (Å²) < 4.78 is 26.7. The van der Waals surface area contributed by atoms with Crippen LogP contribution in [0.4, 0.5) is 4.39 Å². The molecule has 7 heteroatoms. The van der Waals surface area contributed by atoms with Crippen molar-refractivity contribution < 1.29 is 13.9 Å². The lowest BCUT2D eigenvalue weighted by molar-refractivity contribution is 0.284. The zero-order chi connectivity index (χ0) is 16.8. The smallest absolute Gasteiger partial charge is 0.241 e. The minimum atomic E-state index is -0.425. The number of aryl methyl sites for hydroxylation is 1. The van der Waals surface area contributed by atoms with Crippen molar-refractivity contribution in [1.29, 1.82) is 0 Å². The Kier molecular flexibility index (Phi) is 3.23. The van der Waals surface area contributed by atoms with Gasteiger partial charge in [0.2, 0.25) is 5.88 Å². The fraction of sp³-hybridized carbons (Fsp3) is 0.235. The molecule has 0 saturated carbocycles. The van der Waals surface area contributed by atoms with Crippen LogP contribution >= 0.6 is 0 Å². The molecular formula is C17H15FN4O2. The third-order valence-electron chi connectivity index (χ3n) is 3.83. The standard InChI is InChI=1S/C17H15FN4O2/c1-4-23-9(2)11-5-10(18)6-13-15(11)20-16-12-7-22(3)21-14(12)8-24-17(16)19-13/h5-7H,2,4,8H2,1,3H3. The van der Waals surface area contributed by atoms with Crippen LogP contribution in [0.15, 0.2) is 24.9 Å². The molecule has 0 atom stereocenters. The normalized spacial score (nSPS) is 12.5. The Bertz CT molecular complexity index is 980.